The number of benzene rings is 2. The molecule has 0 aliphatic carbocycles. The number of ether oxygens (including phenoxy) is 1. The molecule has 0 bridgehead atoms. The normalized spacial score (nSPS) is 12.3. The van der Waals surface area contributed by atoms with Crippen LogP contribution in [0.15, 0.2) is 58.3 Å². The van der Waals surface area contributed by atoms with Crippen molar-refractivity contribution >= 4 is 34.9 Å². The summed E-state index contributed by atoms with van der Waals surface area (Å²) in [6.45, 7) is 1.77. The van der Waals surface area contributed by atoms with Gasteiger partial charge in [-0.2, -0.15) is 0 Å². The van der Waals surface area contributed by atoms with E-state index in [9.17, 15) is 9.59 Å². The van der Waals surface area contributed by atoms with Crippen molar-refractivity contribution in [2.45, 2.75) is 23.1 Å². The number of rotatable bonds is 5. The number of para-hydroxylation sites is 2. The first kappa shape index (κ1) is 15.6. The Bertz CT molecular complexity index is 699. The van der Waals surface area contributed by atoms with Crippen LogP contribution in [0, 0.1) is 0 Å². The fourth-order valence-electron chi connectivity index (χ4n) is 2.48. The molecule has 0 amide bonds. The molecule has 1 heterocycles. The lowest BCUT2D eigenvalue weighted by atomic mass is 10.2. The number of esters is 1. The number of Topliss-reactive ketones (excluding diaryl/α,β-unsaturated/α-hetero) is 1. The van der Waals surface area contributed by atoms with Gasteiger partial charge in [0.25, 0.3) is 0 Å². The number of nitrogens with zero attached hydrogens (tertiary/aromatic N) is 1. The Morgan fingerprint density at radius 2 is 1.57 bits per heavy atom. The van der Waals surface area contributed by atoms with Crippen LogP contribution in [0.3, 0.4) is 0 Å². The summed E-state index contributed by atoms with van der Waals surface area (Å²) in [5, 5.41) is 0. The Kier molecular flexibility index (Phi) is 4.67. The van der Waals surface area contributed by atoms with Gasteiger partial charge in [0.05, 0.1) is 17.8 Å². The maximum absolute atomic E-state index is 11.8. The minimum Gasteiger partial charge on any atom is -0.458 e. The summed E-state index contributed by atoms with van der Waals surface area (Å²) >= 11 is 1.73. The second-order valence-corrected chi connectivity index (χ2v) is 6.39. The van der Waals surface area contributed by atoms with Crippen molar-refractivity contribution in [1.29, 1.82) is 0 Å². The van der Waals surface area contributed by atoms with Gasteiger partial charge < -0.3 is 9.64 Å². The van der Waals surface area contributed by atoms with E-state index < -0.39 is 0 Å². The molecule has 0 spiro atoms. The molecular weight excluding hydrogens is 310 g/mol. The average Bonchev–Trinajstić information content (AvgIpc) is 2.56. The molecule has 1 aliphatic heterocycles. The van der Waals surface area contributed by atoms with E-state index in [-0.39, 0.29) is 24.8 Å². The Hall–Kier alpha value is -2.27. The van der Waals surface area contributed by atoms with Gasteiger partial charge in [-0.15, -0.1) is 0 Å². The van der Waals surface area contributed by atoms with Crippen LogP contribution in [0.5, 0.6) is 0 Å². The van der Waals surface area contributed by atoms with Crippen LogP contribution in [0.2, 0.25) is 0 Å². The highest BCUT2D eigenvalue weighted by Gasteiger charge is 2.23. The summed E-state index contributed by atoms with van der Waals surface area (Å²) < 4.78 is 4.95. The van der Waals surface area contributed by atoms with Gasteiger partial charge in [0.1, 0.15) is 6.61 Å². The predicted octanol–water partition coefficient (Wildman–Crippen LogP) is 3.81. The number of anilines is 2. The van der Waals surface area contributed by atoms with Crippen molar-refractivity contribution in [2.75, 3.05) is 18.1 Å². The smallest absolute Gasteiger partial charge is 0.308 e. The van der Waals surface area contributed by atoms with Crippen LogP contribution < -0.4 is 4.90 Å². The zero-order valence-electron chi connectivity index (χ0n) is 12.8. The van der Waals surface area contributed by atoms with Gasteiger partial charge in [0.15, 0.2) is 5.78 Å². The van der Waals surface area contributed by atoms with Crippen molar-refractivity contribution in [3.8, 4) is 0 Å². The molecule has 5 heteroatoms. The zero-order chi connectivity index (χ0) is 16.2. The number of hydrogen-bond donors (Lipinski definition) is 0. The molecule has 0 fully saturated rings. The third kappa shape index (κ3) is 3.56. The highest BCUT2D eigenvalue weighted by atomic mass is 32.2. The third-order valence-electron chi connectivity index (χ3n) is 3.51. The third-order valence-corrected chi connectivity index (χ3v) is 4.64. The van der Waals surface area contributed by atoms with E-state index in [0.29, 0.717) is 6.54 Å². The van der Waals surface area contributed by atoms with E-state index >= 15 is 0 Å². The summed E-state index contributed by atoms with van der Waals surface area (Å²) in [6.07, 6.45) is 0.237. The first-order chi connectivity index (χ1) is 11.1. The van der Waals surface area contributed by atoms with Gasteiger partial charge in [0, 0.05) is 16.3 Å². The van der Waals surface area contributed by atoms with Crippen LogP contribution in [0.25, 0.3) is 0 Å². The van der Waals surface area contributed by atoms with E-state index in [2.05, 4.69) is 29.2 Å². The fraction of sp³-hybridized carbons (Fsp3) is 0.222. The number of carbonyl (C=O) groups is 2. The molecule has 0 radical (unpaired) electrons. The van der Waals surface area contributed by atoms with Crippen molar-refractivity contribution in [3.05, 3.63) is 48.5 Å². The molecule has 118 valence electrons. The average molecular weight is 327 g/mol. The second-order valence-electron chi connectivity index (χ2n) is 5.30. The molecule has 4 nitrogen and oxygen atoms in total. The van der Waals surface area contributed by atoms with E-state index in [1.165, 1.54) is 16.7 Å². The highest BCUT2D eigenvalue weighted by Crippen LogP contribution is 2.47. The number of ketones is 1. The van der Waals surface area contributed by atoms with Gasteiger partial charge in [-0.1, -0.05) is 36.0 Å². The van der Waals surface area contributed by atoms with Crippen LogP contribution in [-0.4, -0.2) is 24.9 Å². The Morgan fingerprint density at radius 1 is 1.00 bits per heavy atom. The van der Waals surface area contributed by atoms with Crippen molar-refractivity contribution in [2.24, 2.45) is 0 Å². The summed E-state index contributed by atoms with van der Waals surface area (Å²) in [4.78, 5) is 27.2. The number of carbonyl (C=O) groups excluding carboxylic acids is 2. The Morgan fingerprint density at radius 3 is 2.13 bits per heavy atom. The molecule has 2 aromatic rings. The monoisotopic (exact) mass is 327 g/mol. The van der Waals surface area contributed by atoms with Crippen LogP contribution >= 0.6 is 11.8 Å². The second kappa shape index (κ2) is 6.87. The van der Waals surface area contributed by atoms with Gasteiger partial charge >= 0.3 is 5.97 Å². The first-order valence-corrected chi connectivity index (χ1v) is 8.25. The Labute approximate surface area is 139 Å². The SMILES string of the molecule is CC(=O)COC(=O)CCN1c2ccccc2Sc2ccccc21. The molecule has 23 heavy (non-hydrogen) atoms. The molecule has 0 saturated heterocycles. The van der Waals surface area contributed by atoms with Gasteiger partial charge in [-0.05, 0) is 31.2 Å². The highest BCUT2D eigenvalue weighted by molar-refractivity contribution is 7.99. The van der Waals surface area contributed by atoms with Crippen LogP contribution in [0.1, 0.15) is 13.3 Å². The summed E-state index contributed by atoms with van der Waals surface area (Å²) in [5.41, 5.74) is 2.19. The molecule has 3 rings (SSSR count). The molecular formula is C18H17NO3S. The van der Waals surface area contributed by atoms with Crippen molar-refractivity contribution in [1.82, 2.24) is 0 Å². The topological polar surface area (TPSA) is 46.6 Å². The predicted molar refractivity (Wildman–Crippen MR) is 90.3 cm³/mol. The van der Waals surface area contributed by atoms with E-state index in [1.807, 2.05) is 24.3 Å². The van der Waals surface area contributed by atoms with Crippen LogP contribution in [0.4, 0.5) is 11.4 Å². The first-order valence-electron chi connectivity index (χ1n) is 7.43. The van der Waals surface area contributed by atoms with E-state index in [4.69, 9.17) is 4.74 Å². The standard InChI is InChI=1S/C18H17NO3S/c1-13(20)12-22-18(21)10-11-19-14-6-2-4-8-16(14)23-17-9-5-3-7-15(17)19/h2-9H,10-12H2,1H3. The summed E-state index contributed by atoms with van der Waals surface area (Å²) in [5.74, 6) is -0.503. The molecule has 2 aromatic carbocycles. The quantitative estimate of drug-likeness (QED) is 0.782. The maximum atomic E-state index is 11.8. The molecule has 0 saturated carbocycles. The zero-order valence-corrected chi connectivity index (χ0v) is 13.6. The largest absolute Gasteiger partial charge is 0.458 e. The maximum Gasteiger partial charge on any atom is 0.308 e. The fourth-order valence-corrected chi connectivity index (χ4v) is 3.58. The van der Waals surface area contributed by atoms with Crippen molar-refractivity contribution < 1.29 is 14.3 Å². The lowest BCUT2D eigenvalue weighted by molar-refractivity contribution is -0.147. The van der Waals surface area contributed by atoms with Crippen molar-refractivity contribution in [3.63, 3.8) is 0 Å². The van der Waals surface area contributed by atoms with Gasteiger partial charge in [-0.3, -0.25) is 9.59 Å². The summed E-state index contributed by atoms with van der Waals surface area (Å²) in [6, 6.07) is 16.3. The van der Waals surface area contributed by atoms with Gasteiger partial charge in [-0.25, -0.2) is 0 Å². The minimum absolute atomic E-state index is 0.150. The molecule has 0 unspecified atom stereocenters. The van der Waals surface area contributed by atoms with Gasteiger partial charge in [0.2, 0.25) is 0 Å². The van der Waals surface area contributed by atoms with Crippen LogP contribution in [-0.2, 0) is 14.3 Å². The summed E-state index contributed by atoms with van der Waals surface area (Å²) in [7, 11) is 0. The molecule has 1 aliphatic rings. The number of fused-ring (bicyclic) bond motifs is 2. The lowest BCUT2D eigenvalue weighted by Gasteiger charge is -2.32. The molecule has 0 aromatic heterocycles. The molecule has 0 N–H and O–H groups in total. The Balaban J connectivity index is 1.78. The lowest BCUT2D eigenvalue weighted by Crippen LogP contribution is -2.25. The number of hydrogen-bond acceptors (Lipinski definition) is 5. The van der Waals surface area contributed by atoms with E-state index in [1.54, 1.807) is 11.8 Å². The van der Waals surface area contributed by atoms with E-state index in [0.717, 1.165) is 11.4 Å². The molecule has 0 atom stereocenters. The minimum atomic E-state index is -0.353.